The van der Waals surface area contributed by atoms with Gasteiger partial charge >= 0.3 is 0 Å². The molecule has 28 heavy (non-hydrogen) atoms. The smallest absolute Gasteiger partial charge is 0.267 e. The predicted molar refractivity (Wildman–Crippen MR) is 114 cm³/mol. The minimum atomic E-state index is -3.53. The Hall–Kier alpha value is -0.990. The van der Waals surface area contributed by atoms with Gasteiger partial charge < -0.3 is 10.3 Å². The zero-order valence-corrected chi connectivity index (χ0v) is 18.8. The molecule has 8 heteroatoms. The molecule has 1 aromatic rings. The Bertz CT molecular complexity index is 774. The first-order valence-electron chi connectivity index (χ1n) is 10.3. The van der Waals surface area contributed by atoms with E-state index in [-0.39, 0.29) is 16.8 Å². The van der Waals surface area contributed by atoms with Crippen LogP contribution in [0.15, 0.2) is 17.2 Å². The quantitative estimate of drug-likeness (QED) is 0.728. The summed E-state index contributed by atoms with van der Waals surface area (Å²) in [6.07, 6.45) is 6.83. The van der Waals surface area contributed by atoms with Gasteiger partial charge in [-0.25, -0.2) is 8.42 Å². The summed E-state index contributed by atoms with van der Waals surface area (Å²) in [6, 6.07) is 1.64. The summed E-state index contributed by atoms with van der Waals surface area (Å²) >= 11 is 1.76. The van der Waals surface area contributed by atoms with Crippen LogP contribution in [0, 0.1) is 11.3 Å². The first kappa shape index (κ1) is 21.7. The van der Waals surface area contributed by atoms with Gasteiger partial charge in [0.2, 0.25) is 10.0 Å². The van der Waals surface area contributed by atoms with Gasteiger partial charge in [0.25, 0.3) is 5.91 Å². The SMILES string of the molecule is CCC(C)(C)C1CCC(NC(=O)c2cc(S(=O)(=O)N3CCSCC3)c[nH]2)CC1. The average Bonchev–Trinajstić information content (AvgIpc) is 3.20. The third-order valence-electron chi connectivity index (χ3n) is 6.59. The molecule has 0 bridgehead atoms. The van der Waals surface area contributed by atoms with E-state index in [2.05, 4.69) is 31.1 Å². The fourth-order valence-electron chi connectivity index (χ4n) is 4.16. The van der Waals surface area contributed by atoms with Gasteiger partial charge in [0, 0.05) is 36.8 Å². The summed E-state index contributed by atoms with van der Waals surface area (Å²) in [7, 11) is -3.53. The van der Waals surface area contributed by atoms with E-state index in [4.69, 9.17) is 0 Å². The molecule has 3 rings (SSSR count). The lowest BCUT2D eigenvalue weighted by atomic mass is 9.69. The van der Waals surface area contributed by atoms with Gasteiger partial charge in [-0.05, 0) is 43.1 Å². The van der Waals surface area contributed by atoms with Crippen molar-refractivity contribution in [2.75, 3.05) is 24.6 Å². The van der Waals surface area contributed by atoms with Crippen LogP contribution >= 0.6 is 11.8 Å². The van der Waals surface area contributed by atoms with Crippen LogP contribution in [0.3, 0.4) is 0 Å². The summed E-state index contributed by atoms with van der Waals surface area (Å²) in [5.41, 5.74) is 0.672. The maximum absolute atomic E-state index is 12.7. The number of aromatic amines is 1. The Morgan fingerprint density at radius 2 is 1.89 bits per heavy atom. The molecule has 0 unspecified atom stereocenters. The van der Waals surface area contributed by atoms with Gasteiger partial charge in [-0.1, -0.05) is 27.2 Å². The van der Waals surface area contributed by atoms with Crippen LogP contribution in [0.4, 0.5) is 0 Å². The lowest BCUT2D eigenvalue weighted by Gasteiger charge is -2.39. The predicted octanol–water partition coefficient (Wildman–Crippen LogP) is 3.48. The Labute approximate surface area is 173 Å². The molecule has 1 aliphatic heterocycles. The lowest BCUT2D eigenvalue weighted by Crippen LogP contribution is -2.40. The van der Waals surface area contributed by atoms with Gasteiger partial charge in [-0.3, -0.25) is 4.79 Å². The molecule has 1 saturated carbocycles. The third kappa shape index (κ3) is 4.76. The third-order valence-corrected chi connectivity index (χ3v) is 9.41. The Kier molecular flexibility index (Phi) is 6.82. The molecule has 0 radical (unpaired) electrons. The zero-order chi connectivity index (χ0) is 20.4. The van der Waals surface area contributed by atoms with Gasteiger partial charge in [0.1, 0.15) is 10.6 Å². The van der Waals surface area contributed by atoms with Crippen LogP contribution < -0.4 is 5.32 Å². The van der Waals surface area contributed by atoms with Crippen molar-refractivity contribution in [3.63, 3.8) is 0 Å². The number of hydrogen-bond acceptors (Lipinski definition) is 4. The number of rotatable bonds is 6. The Morgan fingerprint density at radius 1 is 1.25 bits per heavy atom. The van der Waals surface area contributed by atoms with Crippen molar-refractivity contribution in [1.82, 2.24) is 14.6 Å². The van der Waals surface area contributed by atoms with E-state index >= 15 is 0 Å². The van der Waals surface area contributed by atoms with Crippen molar-refractivity contribution in [2.24, 2.45) is 11.3 Å². The monoisotopic (exact) mass is 427 g/mol. The van der Waals surface area contributed by atoms with E-state index in [9.17, 15) is 13.2 Å². The molecular formula is C20H33N3O3S2. The maximum atomic E-state index is 12.7. The number of carbonyl (C=O) groups excluding carboxylic acids is 1. The first-order valence-corrected chi connectivity index (χ1v) is 12.9. The lowest BCUT2D eigenvalue weighted by molar-refractivity contribution is 0.0889. The van der Waals surface area contributed by atoms with Gasteiger partial charge in [0.15, 0.2) is 0 Å². The van der Waals surface area contributed by atoms with E-state index < -0.39 is 10.0 Å². The zero-order valence-electron chi connectivity index (χ0n) is 17.2. The molecule has 1 aliphatic carbocycles. The molecule has 1 amide bonds. The highest BCUT2D eigenvalue weighted by molar-refractivity contribution is 7.99. The van der Waals surface area contributed by atoms with Crippen LogP contribution in [0.1, 0.15) is 63.4 Å². The molecule has 0 atom stereocenters. The van der Waals surface area contributed by atoms with Crippen molar-refractivity contribution in [3.05, 3.63) is 18.0 Å². The molecule has 0 spiro atoms. The Morgan fingerprint density at radius 3 is 2.50 bits per heavy atom. The number of sulfonamides is 1. The van der Waals surface area contributed by atoms with E-state index in [1.54, 1.807) is 11.8 Å². The summed E-state index contributed by atoms with van der Waals surface area (Å²) in [5.74, 6) is 2.12. The molecule has 2 N–H and O–H groups in total. The second-order valence-electron chi connectivity index (χ2n) is 8.63. The van der Waals surface area contributed by atoms with E-state index in [1.807, 2.05) is 0 Å². The topological polar surface area (TPSA) is 82.3 Å². The van der Waals surface area contributed by atoms with Crippen molar-refractivity contribution < 1.29 is 13.2 Å². The molecule has 1 aromatic heterocycles. The van der Waals surface area contributed by atoms with E-state index in [1.165, 1.54) is 23.0 Å². The summed E-state index contributed by atoms with van der Waals surface area (Å²) in [4.78, 5) is 15.6. The first-order chi connectivity index (χ1) is 13.2. The number of nitrogens with one attached hydrogen (secondary N) is 2. The van der Waals surface area contributed by atoms with Crippen LogP contribution in [0.2, 0.25) is 0 Å². The fraction of sp³-hybridized carbons (Fsp3) is 0.750. The highest BCUT2D eigenvalue weighted by Crippen LogP contribution is 2.40. The molecule has 1 saturated heterocycles. The number of amides is 1. The second kappa shape index (κ2) is 8.79. The van der Waals surface area contributed by atoms with Gasteiger partial charge in [-0.2, -0.15) is 16.1 Å². The number of aromatic nitrogens is 1. The largest absolute Gasteiger partial charge is 0.356 e. The van der Waals surface area contributed by atoms with Crippen LogP contribution in [-0.2, 0) is 10.0 Å². The molecule has 2 heterocycles. The number of carbonyl (C=O) groups is 1. The van der Waals surface area contributed by atoms with Crippen LogP contribution in [0.25, 0.3) is 0 Å². The fourth-order valence-corrected chi connectivity index (χ4v) is 6.73. The van der Waals surface area contributed by atoms with Crippen LogP contribution in [-0.4, -0.2) is 54.3 Å². The summed E-state index contributed by atoms with van der Waals surface area (Å²) in [5, 5.41) is 3.09. The highest BCUT2D eigenvalue weighted by Gasteiger charge is 2.33. The normalized spacial score (nSPS) is 24.8. The molecule has 2 aliphatic rings. The molecule has 158 valence electrons. The number of nitrogens with zero attached hydrogens (tertiary/aromatic N) is 1. The van der Waals surface area contributed by atoms with Crippen molar-refractivity contribution in [3.8, 4) is 0 Å². The van der Waals surface area contributed by atoms with Gasteiger partial charge in [-0.15, -0.1) is 0 Å². The minimum absolute atomic E-state index is 0.166. The molecular weight excluding hydrogens is 394 g/mol. The van der Waals surface area contributed by atoms with E-state index in [0.29, 0.717) is 30.1 Å². The molecule has 0 aromatic carbocycles. The summed E-state index contributed by atoms with van der Waals surface area (Å²) < 4.78 is 27.0. The summed E-state index contributed by atoms with van der Waals surface area (Å²) in [6.45, 7) is 7.96. The Balaban J connectivity index is 1.58. The average molecular weight is 428 g/mol. The minimum Gasteiger partial charge on any atom is -0.356 e. The number of thioether (sulfide) groups is 1. The molecule has 6 nitrogen and oxygen atoms in total. The van der Waals surface area contributed by atoms with Crippen molar-refractivity contribution >= 4 is 27.7 Å². The van der Waals surface area contributed by atoms with Crippen molar-refractivity contribution in [1.29, 1.82) is 0 Å². The maximum Gasteiger partial charge on any atom is 0.267 e. The second-order valence-corrected chi connectivity index (χ2v) is 11.8. The van der Waals surface area contributed by atoms with Crippen LogP contribution in [0.5, 0.6) is 0 Å². The molecule has 2 fully saturated rings. The highest BCUT2D eigenvalue weighted by atomic mass is 32.2. The van der Waals surface area contributed by atoms with Crippen molar-refractivity contribution in [2.45, 2.75) is 63.8 Å². The number of H-pyrrole nitrogens is 1. The number of hydrogen-bond donors (Lipinski definition) is 2. The standard InChI is InChI=1S/C20H33N3O3S2/c1-4-20(2,3)15-5-7-16(8-6-15)22-19(24)18-13-17(14-21-18)28(25,26)23-9-11-27-12-10-23/h13-16,21H,4-12H2,1-3H3,(H,22,24). The van der Waals surface area contributed by atoms with E-state index in [0.717, 1.165) is 37.2 Å². The van der Waals surface area contributed by atoms with Gasteiger partial charge in [0.05, 0.1) is 0 Å².